The Morgan fingerprint density at radius 2 is 1.90 bits per heavy atom. The molecule has 0 saturated carbocycles. The zero-order valence-electron chi connectivity index (χ0n) is 11.1. The van der Waals surface area contributed by atoms with E-state index in [1.54, 1.807) is 0 Å². The van der Waals surface area contributed by atoms with Gasteiger partial charge in [-0.1, -0.05) is 30.3 Å². The van der Waals surface area contributed by atoms with E-state index in [9.17, 15) is 19.6 Å². The molecule has 5 nitrogen and oxygen atoms in total. The molecule has 0 saturated heterocycles. The largest absolute Gasteiger partial charge is 0.391 e. The van der Waals surface area contributed by atoms with Gasteiger partial charge in [-0.05, 0) is 17.7 Å². The van der Waals surface area contributed by atoms with Gasteiger partial charge in [0.05, 0.1) is 23.1 Å². The molecular formula is C15H15FN2O3. The fourth-order valence-corrected chi connectivity index (χ4v) is 2.15. The van der Waals surface area contributed by atoms with Gasteiger partial charge in [0.1, 0.15) is 5.82 Å². The summed E-state index contributed by atoms with van der Waals surface area (Å²) in [4.78, 5) is 10.3. The van der Waals surface area contributed by atoms with Gasteiger partial charge in [0.2, 0.25) is 0 Å². The lowest BCUT2D eigenvalue weighted by atomic mass is 9.95. The van der Waals surface area contributed by atoms with E-state index in [2.05, 4.69) is 0 Å². The first-order valence-corrected chi connectivity index (χ1v) is 6.40. The highest BCUT2D eigenvalue weighted by Crippen LogP contribution is 2.27. The lowest BCUT2D eigenvalue weighted by Crippen LogP contribution is -2.28. The van der Waals surface area contributed by atoms with Gasteiger partial charge in [0.15, 0.2) is 0 Å². The summed E-state index contributed by atoms with van der Waals surface area (Å²) in [5.41, 5.74) is 6.46. The Hall–Kier alpha value is -2.31. The molecule has 0 aromatic heterocycles. The zero-order chi connectivity index (χ0) is 15.4. The molecule has 2 rings (SSSR count). The maximum absolute atomic E-state index is 13.1. The quantitative estimate of drug-likeness (QED) is 0.653. The molecule has 0 aliphatic heterocycles. The molecule has 0 radical (unpaired) electrons. The van der Waals surface area contributed by atoms with Crippen LogP contribution in [-0.4, -0.2) is 16.1 Å². The van der Waals surface area contributed by atoms with E-state index in [0.29, 0.717) is 0 Å². The molecule has 0 bridgehead atoms. The van der Waals surface area contributed by atoms with Gasteiger partial charge in [-0.2, -0.15) is 0 Å². The first kappa shape index (κ1) is 15.1. The Balaban J connectivity index is 2.23. The molecule has 0 fully saturated rings. The summed E-state index contributed by atoms with van der Waals surface area (Å²) < 4.78 is 13.1. The fraction of sp³-hybridized carbons (Fsp3) is 0.200. The first-order chi connectivity index (χ1) is 9.99. The Morgan fingerprint density at radius 3 is 2.52 bits per heavy atom. The van der Waals surface area contributed by atoms with Crippen molar-refractivity contribution in [1.82, 2.24) is 0 Å². The monoisotopic (exact) mass is 290 g/mol. The average molecular weight is 290 g/mol. The van der Waals surface area contributed by atoms with Crippen LogP contribution in [0.5, 0.6) is 0 Å². The molecule has 6 heteroatoms. The number of rotatable bonds is 5. The zero-order valence-corrected chi connectivity index (χ0v) is 11.1. The minimum atomic E-state index is -1.00. The third-order valence-corrected chi connectivity index (χ3v) is 3.25. The Labute approximate surface area is 121 Å². The van der Waals surface area contributed by atoms with Crippen molar-refractivity contribution in [3.8, 4) is 0 Å². The number of hydrogen-bond donors (Lipinski definition) is 2. The van der Waals surface area contributed by atoms with E-state index >= 15 is 0 Å². The molecular weight excluding hydrogens is 275 g/mol. The van der Waals surface area contributed by atoms with Crippen LogP contribution in [0.1, 0.15) is 17.2 Å². The number of benzene rings is 2. The number of nitro groups is 1. The molecule has 0 unspecified atom stereocenters. The van der Waals surface area contributed by atoms with Crippen LogP contribution in [0.25, 0.3) is 0 Å². The minimum absolute atomic E-state index is 0.116. The van der Waals surface area contributed by atoms with Gasteiger partial charge in [0, 0.05) is 12.0 Å². The van der Waals surface area contributed by atoms with Gasteiger partial charge < -0.3 is 10.8 Å². The van der Waals surface area contributed by atoms with Gasteiger partial charge in [-0.3, -0.25) is 10.1 Å². The third kappa shape index (κ3) is 3.62. The maximum Gasteiger partial charge on any atom is 0.277 e. The van der Waals surface area contributed by atoms with Crippen LogP contribution in [-0.2, 0) is 6.42 Å². The number of nitro benzene ring substituents is 1. The number of nitrogens with two attached hydrogens (primary N) is 1. The van der Waals surface area contributed by atoms with E-state index < -0.39 is 28.6 Å². The molecule has 2 atom stereocenters. The maximum atomic E-state index is 13.1. The molecule has 2 aromatic rings. The van der Waals surface area contributed by atoms with Gasteiger partial charge in [0.25, 0.3) is 5.69 Å². The second-order valence-corrected chi connectivity index (χ2v) is 4.74. The van der Waals surface area contributed by atoms with Gasteiger partial charge in [-0.15, -0.1) is 0 Å². The van der Waals surface area contributed by atoms with E-state index in [4.69, 9.17) is 5.73 Å². The predicted molar refractivity (Wildman–Crippen MR) is 76.1 cm³/mol. The average Bonchev–Trinajstić information content (AvgIpc) is 2.47. The summed E-state index contributed by atoms with van der Waals surface area (Å²) in [5, 5.41) is 21.1. The van der Waals surface area contributed by atoms with Crippen LogP contribution in [0, 0.1) is 15.9 Å². The number of nitrogens with zero attached hydrogens (tertiary/aromatic N) is 1. The standard InChI is InChI=1S/C15H15FN2O3/c16-11-6-7-12(13(9-11)18(20)21)15(17)14(19)8-10-4-2-1-3-5-10/h1-7,9,14-15,19H,8,17H2/t14-,15+/m0/s1. The highest BCUT2D eigenvalue weighted by Gasteiger charge is 2.25. The van der Waals surface area contributed by atoms with Gasteiger partial charge >= 0.3 is 0 Å². The summed E-state index contributed by atoms with van der Waals surface area (Å²) in [6, 6.07) is 11.3. The molecule has 110 valence electrons. The number of hydrogen-bond acceptors (Lipinski definition) is 4. The number of halogens is 1. The van der Waals surface area contributed by atoms with Crippen LogP contribution in [0.3, 0.4) is 0 Å². The molecule has 0 aliphatic carbocycles. The minimum Gasteiger partial charge on any atom is -0.391 e. The SMILES string of the molecule is N[C@H](c1ccc(F)cc1[N+](=O)[O-])[C@@H](O)Cc1ccccc1. The van der Waals surface area contributed by atoms with Crippen molar-refractivity contribution in [1.29, 1.82) is 0 Å². The summed E-state index contributed by atoms with van der Waals surface area (Å²) >= 11 is 0. The fourth-order valence-electron chi connectivity index (χ4n) is 2.15. The van der Waals surface area contributed by atoms with Crippen molar-refractivity contribution >= 4 is 5.69 Å². The van der Waals surface area contributed by atoms with Crippen molar-refractivity contribution in [2.24, 2.45) is 5.73 Å². The molecule has 0 amide bonds. The van der Waals surface area contributed by atoms with E-state index in [0.717, 1.165) is 17.7 Å². The Bertz CT molecular complexity index is 634. The molecule has 3 N–H and O–H groups in total. The highest BCUT2D eigenvalue weighted by molar-refractivity contribution is 5.43. The lowest BCUT2D eigenvalue weighted by molar-refractivity contribution is -0.386. The molecule has 0 heterocycles. The van der Waals surface area contributed by atoms with E-state index in [1.165, 1.54) is 6.07 Å². The molecule has 21 heavy (non-hydrogen) atoms. The summed E-state index contributed by atoms with van der Waals surface area (Å²) in [5.74, 6) is -0.713. The van der Waals surface area contributed by atoms with Crippen molar-refractivity contribution < 1.29 is 14.4 Å². The third-order valence-electron chi connectivity index (χ3n) is 3.25. The summed E-state index contributed by atoms with van der Waals surface area (Å²) in [7, 11) is 0. The van der Waals surface area contributed by atoms with Crippen molar-refractivity contribution in [3.05, 3.63) is 75.6 Å². The summed E-state index contributed by atoms with van der Waals surface area (Å²) in [6.07, 6.45) is -0.743. The van der Waals surface area contributed by atoms with Crippen LogP contribution in [0.2, 0.25) is 0 Å². The van der Waals surface area contributed by atoms with Crippen LogP contribution >= 0.6 is 0 Å². The lowest BCUT2D eigenvalue weighted by Gasteiger charge is -2.19. The van der Waals surface area contributed by atoms with Crippen LogP contribution in [0.15, 0.2) is 48.5 Å². The number of aliphatic hydroxyl groups excluding tert-OH is 1. The van der Waals surface area contributed by atoms with E-state index in [1.807, 2.05) is 30.3 Å². The smallest absolute Gasteiger partial charge is 0.277 e. The normalized spacial score (nSPS) is 13.7. The van der Waals surface area contributed by atoms with Crippen molar-refractivity contribution in [2.45, 2.75) is 18.6 Å². The second kappa shape index (κ2) is 6.43. The van der Waals surface area contributed by atoms with Crippen LogP contribution in [0.4, 0.5) is 10.1 Å². The van der Waals surface area contributed by atoms with Gasteiger partial charge in [-0.25, -0.2) is 4.39 Å². The molecule has 2 aromatic carbocycles. The predicted octanol–water partition coefficient (Wildman–Crippen LogP) is 2.34. The molecule has 0 aliphatic rings. The summed E-state index contributed by atoms with van der Waals surface area (Å²) in [6.45, 7) is 0. The molecule has 0 spiro atoms. The van der Waals surface area contributed by atoms with Crippen LogP contribution < -0.4 is 5.73 Å². The van der Waals surface area contributed by atoms with Crippen molar-refractivity contribution in [3.63, 3.8) is 0 Å². The topological polar surface area (TPSA) is 89.4 Å². The Morgan fingerprint density at radius 1 is 1.24 bits per heavy atom. The Kier molecular flexibility index (Phi) is 4.62. The number of aliphatic hydroxyl groups is 1. The first-order valence-electron chi connectivity index (χ1n) is 6.40. The van der Waals surface area contributed by atoms with Crippen molar-refractivity contribution in [2.75, 3.05) is 0 Å². The second-order valence-electron chi connectivity index (χ2n) is 4.74. The highest BCUT2D eigenvalue weighted by atomic mass is 19.1. The van der Waals surface area contributed by atoms with E-state index in [-0.39, 0.29) is 12.0 Å².